The molecule has 1 N–H and O–H groups in total. The zero-order valence-electron chi connectivity index (χ0n) is 14.9. The van der Waals surface area contributed by atoms with E-state index in [1.807, 2.05) is 57.2 Å². The molecule has 0 heterocycles. The van der Waals surface area contributed by atoms with E-state index in [1.165, 1.54) is 6.42 Å². The topological polar surface area (TPSA) is 35.8 Å². The summed E-state index contributed by atoms with van der Waals surface area (Å²) in [4.78, 5) is 0. The van der Waals surface area contributed by atoms with Crippen LogP contribution in [0, 0.1) is 17.2 Å². The highest BCUT2D eigenvalue weighted by Gasteiger charge is 1.99. The van der Waals surface area contributed by atoms with Gasteiger partial charge in [-0.05, 0) is 37.4 Å². The Labute approximate surface area is 137 Å². The molecule has 1 rings (SSSR count). The smallest absolute Gasteiger partial charge is 0.0995 e. The first kappa shape index (κ1) is 22.4. The molecule has 0 radical (unpaired) electrons. The van der Waals surface area contributed by atoms with Gasteiger partial charge in [-0.25, -0.2) is 0 Å². The summed E-state index contributed by atoms with van der Waals surface area (Å²) in [6.45, 7) is 15.6. The summed E-state index contributed by atoms with van der Waals surface area (Å²) in [5.74, 6) is 0.726. The van der Waals surface area contributed by atoms with Gasteiger partial charge in [0.2, 0.25) is 0 Å². The molecule has 0 saturated heterocycles. The summed E-state index contributed by atoms with van der Waals surface area (Å²) < 4.78 is 0. The third-order valence-electron chi connectivity index (χ3n) is 2.68. The van der Waals surface area contributed by atoms with Crippen LogP contribution >= 0.6 is 0 Å². The van der Waals surface area contributed by atoms with E-state index < -0.39 is 0 Å². The molecule has 122 valence electrons. The van der Waals surface area contributed by atoms with Crippen LogP contribution in [0.5, 0.6) is 0 Å². The lowest BCUT2D eigenvalue weighted by Gasteiger charge is -2.07. The Hall–Kier alpha value is -1.85. The van der Waals surface area contributed by atoms with E-state index in [4.69, 9.17) is 5.26 Å². The Balaban J connectivity index is 0. The zero-order chi connectivity index (χ0) is 17.2. The van der Waals surface area contributed by atoms with Gasteiger partial charge in [-0.3, -0.25) is 0 Å². The predicted molar refractivity (Wildman–Crippen MR) is 98.7 cm³/mol. The number of hydrogen-bond donors (Lipinski definition) is 1. The van der Waals surface area contributed by atoms with Crippen LogP contribution in [-0.2, 0) is 6.54 Å². The van der Waals surface area contributed by atoms with Crippen molar-refractivity contribution in [3.05, 3.63) is 60.2 Å². The van der Waals surface area contributed by atoms with Crippen LogP contribution in [0.25, 0.3) is 0 Å². The minimum Gasteiger partial charge on any atom is -0.313 e. The molecule has 2 heteroatoms. The van der Waals surface area contributed by atoms with Crippen LogP contribution in [0.3, 0.4) is 0 Å². The molecule has 0 saturated carbocycles. The number of hydrogen-bond acceptors (Lipinski definition) is 2. The van der Waals surface area contributed by atoms with Gasteiger partial charge >= 0.3 is 0 Å². The van der Waals surface area contributed by atoms with Crippen LogP contribution in [-0.4, -0.2) is 6.54 Å². The summed E-state index contributed by atoms with van der Waals surface area (Å²) in [7, 11) is 0. The second-order valence-corrected chi connectivity index (χ2v) is 4.89. The van der Waals surface area contributed by atoms with Crippen LogP contribution in [0.2, 0.25) is 0 Å². The molecule has 2 nitrogen and oxygen atoms in total. The molecule has 0 amide bonds. The second-order valence-electron chi connectivity index (χ2n) is 4.89. The maximum Gasteiger partial charge on any atom is 0.0995 e. The molecule has 22 heavy (non-hydrogen) atoms. The summed E-state index contributed by atoms with van der Waals surface area (Å²) in [6.07, 6.45) is 6.75. The fourth-order valence-electron chi connectivity index (χ4n) is 1.53. The zero-order valence-corrected chi connectivity index (χ0v) is 14.9. The molecule has 1 aromatic rings. The number of nitriles is 1. The molecule has 0 aliphatic carbocycles. The first-order valence-electron chi connectivity index (χ1n) is 8.08. The molecule has 0 aromatic heterocycles. The SMILES string of the molecule is C=C/C=C\C.CC.CC(C)CCNCc1ccccc1C#N. The third-order valence-corrected chi connectivity index (χ3v) is 2.68. The lowest BCUT2D eigenvalue weighted by molar-refractivity contribution is 0.537. The van der Waals surface area contributed by atoms with E-state index in [-0.39, 0.29) is 0 Å². The minimum absolute atomic E-state index is 0.726. The van der Waals surface area contributed by atoms with Crippen molar-refractivity contribution in [2.24, 2.45) is 5.92 Å². The van der Waals surface area contributed by atoms with Crippen LogP contribution in [0.15, 0.2) is 49.1 Å². The van der Waals surface area contributed by atoms with Gasteiger partial charge in [-0.15, -0.1) is 0 Å². The number of nitrogens with one attached hydrogen (secondary N) is 1. The van der Waals surface area contributed by atoms with E-state index in [9.17, 15) is 0 Å². The molecular weight excluding hydrogens is 268 g/mol. The Morgan fingerprint density at radius 3 is 2.36 bits per heavy atom. The van der Waals surface area contributed by atoms with Gasteiger partial charge in [0.05, 0.1) is 11.6 Å². The third kappa shape index (κ3) is 13.1. The van der Waals surface area contributed by atoms with E-state index in [0.717, 1.165) is 30.1 Å². The Kier molecular flexibility index (Phi) is 17.5. The lowest BCUT2D eigenvalue weighted by atomic mass is 10.1. The highest BCUT2D eigenvalue weighted by Crippen LogP contribution is 2.06. The number of benzene rings is 1. The Bertz CT molecular complexity index is 439. The quantitative estimate of drug-likeness (QED) is 0.558. The maximum absolute atomic E-state index is 8.89. The molecular formula is C20H32N2. The van der Waals surface area contributed by atoms with E-state index >= 15 is 0 Å². The van der Waals surface area contributed by atoms with Crippen molar-refractivity contribution in [2.45, 2.75) is 47.6 Å². The molecule has 0 unspecified atom stereocenters. The predicted octanol–water partition coefficient (Wildman–Crippen LogP) is 5.47. The van der Waals surface area contributed by atoms with Gasteiger partial charge in [0, 0.05) is 6.54 Å². The van der Waals surface area contributed by atoms with Crippen LogP contribution in [0.4, 0.5) is 0 Å². The molecule has 1 aromatic carbocycles. The first-order valence-corrected chi connectivity index (χ1v) is 8.08. The highest BCUT2D eigenvalue weighted by atomic mass is 14.8. The van der Waals surface area contributed by atoms with Gasteiger partial charge in [0.25, 0.3) is 0 Å². The molecule has 0 fully saturated rings. The van der Waals surface area contributed by atoms with Gasteiger partial charge in [0.1, 0.15) is 0 Å². The van der Waals surface area contributed by atoms with Gasteiger partial charge in [0.15, 0.2) is 0 Å². The molecule has 0 spiro atoms. The van der Waals surface area contributed by atoms with Crippen LogP contribution in [0.1, 0.15) is 52.2 Å². The number of rotatable bonds is 6. The fourth-order valence-corrected chi connectivity index (χ4v) is 1.53. The average molecular weight is 300 g/mol. The van der Waals surface area contributed by atoms with Crippen molar-refractivity contribution in [3.8, 4) is 6.07 Å². The van der Waals surface area contributed by atoms with Gasteiger partial charge in [-0.1, -0.05) is 70.7 Å². The average Bonchev–Trinajstić information content (AvgIpc) is 2.55. The van der Waals surface area contributed by atoms with Crippen molar-refractivity contribution in [3.63, 3.8) is 0 Å². The summed E-state index contributed by atoms with van der Waals surface area (Å²) in [5.41, 5.74) is 1.86. The summed E-state index contributed by atoms with van der Waals surface area (Å²) in [5, 5.41) is 12.2. The van der Waals surface area contributed by atoms with E-state index in [2.05, 4.69) is 31.8 Å². The van der Waals surface area contributed by atoms with Crippen molar-refractivity contribution in [2.75, 3.05) is 6.54 Å². The van der Waals surface area contributed by atoms with E-state index in [1.54, 1.807) is 6.08 Å². The van der Waals surface area contributed by atoms with Crippen molar-refractivity contribution < 1.29 is 0 Å². The van der Waals surface area contributed by atoms with Gasteiger partial charge < -0.3 is 5.32 Å². The Morgan fingerprint density at radius 2 is 1.91 bits per heavy atom. The highest BCUT2D eigenvalue weighted by molar-refractivity contribution is 5.37. The summed E-state index contributed by atoms with van der Waals surface area (Å²) >= 11 is 0. The number of nitrogens with zero attached hydrogens (tertiary/aromatic N) is 1. The van der Waals surface area contributed by atoms with Gasteiger partial charge in [-0.2, -0.15) is 5.26 Å². The van der Waals surface area contributed by atoms with E-state index in [0.29, 0.717) is 0 Å². The monoisotopic (exact) mass is 300 g/mol. The summed E-state index contributed by atoms with van der Waals surface area (Å²) in [6, 6.07) is 9.94. The Morgan fingerprint density at radius 1 is 1.27 bits per heavy atom. The molecule has 0 bridgehead atoms. The largest absolute Gasteiger partial charge is 0.313 e. The molecule has 0 aliphatic rings. The lowest BCUT2D eigenvalue weighted by Crippen LogP contribution is -2.16. The fraction of sp³-hybridized carbons (Fsp3) is 0.450. The van der Waals surface area contributed by atoms with Crippen molar-refractivity contribution in [1.29, 1.82) is 5.26 Å². The second kappa shape index (κ2) is 17.2. The van der Waals surface area contributed by atoms with Crippen LogP contribution < -0.4 is 5.32 Å². The number of allylic oxidation sites excluding steroid dienone is 3. The minimum atomic E-state index is 0.726. The first-order chi connectivity index (χ1) is 10.7. The molecule has 0 aliphatic heterocycles. The van der Waals surface area contributed by atoms with Crippen molar-refractivity contribution >= 4 is 0 Å². The molecule has 0 atom stereocenters. The standard InChI is InChI=1S/C13H18N2.C5H8.C2H6/c1-11(2)7-8-15-10-13-6-4-3-5-12(13)9-14;1-3-5-4-2;1-2/h3-6,11,15H,7-8,10H2,1-2H3;3-5H,1H2,2H3;1-2H3/b;5-4-;. The van der Waals surface area contributed by atoms with Crippen molar-refractivity contribution in [1.82, 2.24) is 5.32 Å². The normalized spacial score (nSPS) is 9.32. The maximum atomic E-state index is 8.89.